The van der Waals surface area contributed by atoms with Gasteiger partial charge in [-0.05, 0) is 19.3 Å². The highest BCUT2D eigenvalue weighted by molar-refractivity contribution is 7.88. The highest BCUT2D eigenvalue weighted by Crippen LogP contribution is 2.40. The zero-order valence-electron chi connectivity index (χ0n) is 10.7. The van der Waals surface area contributed by atoms with Crippen LogP contribution in [0.25, 0.3) is 0 Å². The molecule has 2 fully saturated rings. The first kappa shape index (κ1) is 14.3. The smallest absolute Gasteiger partial charge is 0.307 e. The van der Waals surface area contributed by atoms with Gasteiger partial charge in [0, 0.05) is 19.1 Å². The normalized spacial score (nSPS) is 28.2. The molecule has 2 atom stereocenters. The van der Waals surface area contributed by atoms with E-state index < -0.39 is 21.9 Å². The third-order valence-electron chi connectivity index (χ3n) is 3.61. The van der Waals surface area contributed by atoms with Crippen LogP contribution in [0.15, 0.2) is 0 Å². The van der Waals surface area contributed by atoms with E-state index in [9.17, 15) is 18.0 Å². The first-order chi connectivity index (χ1) is 8.78. The van der Waals surface area contributed by atoms with Crippen molar-refractivity contribution >= 4 is 21.9 Å². The van der Waals surface area contributed by atoms with Crippen LogP contribution in [0.3, 0.4) is 0 Å². The predicted octanol–water partition coefficient (Wildman–Crippen LogP) is -0.753. The Kier molecular flexibility index (Phi) is 3.82. The van der Waals surface area contributed by atoms with Crippen LogP contribution in [-0.4, -0.2) is 55.7 Å². The van der Waals surface area contributed by atoms with Gasteiger partial charge >= 0.3 is 5.97 Å². The van der Waals surface area contributed by atoms with Crippen LogP contribution in [0.1, 0.15) is 19.3 Å². The summed E-state index contributed by atoms with van der Waals surface area (Å²) in [5, 5.41) is 8.79. The molecule has 1 heterocycles. The minimum atomic E-state index is -3.22. The van der Waals surface area contributed by atoms with E-state index in [0.717, 1.165) is 6.26 Å². The van der Waals surface area contributed by atoms with E-state index in [4.69, 9.17) is 5.11 Å². The number of carbonyl (C=O) groups excluding carboxylic acids is 1. The number of carbonyl (C=O) groups is 2. The molecule has 0 aromatic rings. The molecule has 2 aliphatic rings. The number of hydrogen-bond donors (Lipinski definition) is 2. The fourth-order valence-corrected chi connectivity index (χ4v) is 3.34. The fourth-order valence-electron chi connectivity index (χ4n) is 2.50. The number of rotatable bonds is 4. The van der Waals surface area contributed by atoms with Gasteiger partial charge < -0.3 is 10.0 Å². The quantitative estimate of drug-likeness (QED) is 0.709. The summed E-state index contributed by atoms with van der Waals surface area (Å²) < 4.78 is 24.7. The van der Waals surface area contributed by atoms with E-state index in [1.54, 1.807) is 4.90 Å². The minimum absolute atomic E-state index is 0.106. The number of carboxylic acids is 1. The van der Waals surface area contributed by atoms with Gasteiger partial charge in [-0.3, -0.25) is 9.59 Å². The molecule has 0 aromatic carbocycles. The Bertz CT molecular complexity index is 481. The lowest BCUT2D eigenvalue weighted by molar-refractivity contribution is -0.142. The molecule has 0 unspecified atom stereocenters. The van der Waals surface area contributed by atoms with Crippen molar-refractivity contribution in [2.24, 2.45) is 11.8 Å². The average Bonchev–Trinajstić information content (AvgIpc) is 3.07. The molecule has 0 radical (unpaired) electrons. The van der Waals surface area contributed by atoms with Crippen molar-refractivity contribution in [2.75, 3.05) is 19.3 Å². The second-order valence-corrected chi connectivity index (χ2v) is 7.06. The van der Waals surface area contributed by atoms with Gasteiger partial charge in [-0.25, -0.2) is 13.1 Å². The van der Waals surface area contributed by atoms with E-state index in [1.807, 2.05) is 0 Å². The topological polar surface area (TPSA) is 104 Å². The Balaban J connectivity index is 1.81. The van der Waals surface area contributed by atoms with Crippen LogP contribution < -0.4 is 4.72 Å². The Morgan fingerprint density at radius 2 is 1.79 bits per heavy atom. The molecule has 19 heavy (non-hydrogen) atoms. The Hall–Kier alpha value is -1.15. The van der Waals surface area contributed by atoms with E-state index >= 15 is 0 Å². The third-order valence-corrected chi connectivity index (χ3v) is 4.37. The lowest BCUT2D eigenvalue weighted by Gasteiger charge is -2.32. The van der Waals surface area contributed by atoms with E-state index in [-0.39, 0.29) is 17.9 Å². The number of amides is 1. The van der Waals surface area contributed by atoms with Gasteiger partial charge in [-0.1, -0.05) is 0 Å². The molecule has 2 N–H and O–H groups in total. The molecule has 1 amide bonds. The first-order valence-electron chi connectivity index (χ1n) is 6.27. The first-order valence-corrected chi connectivity index (χ1v) is 8.16. The minimum Gasteiger partial charge on any atom is -0.481 e. The number of sulfonamides is 1. The number of nitrogens with zero attached hydrogens (tertiary/aromatic N) is 1. The van der Waals surface area contributed by atoms with Gasteiger partial charge in [0.2, 0.25) is 15.9 Å². The van der Waals surface area contributed by atoms with Crippen LogP contribution in [0.4, 0.5) is 0 Å². The summed E-state index contributed by atoms with van der Waals surface area (Å²) in [4.78, 5) is 24.4. The van der Waals surface area contributed by atoms with Crippen LogP contribution in [0.5, 0.6) is 0 Å². The van der Waals surface area contributed by atoms with Crippen molar-refractivity contribution in [3.63, 3.8) is 0 Å². The number of hydrogen-bond acceptors (Lipinski definition) is 4. The third kappa shape index (κ3) is 3.66. The number of carboxylic acid groups (broad SMARTS) is 1. The molecule has 1 aliphatic carbocycles. The number of piperidine rings is 1. The molecular formula is C11H18N2O5S. The maximum atomic E-state index is 12.0. The molecule has 8 heteroatoms. The summed E-state index contributed by atoms with van der Waals surface area (Å²) in [6, 6.07) is -0.131. The molecule has 0 spiro atoms. The molecular weight excluding hydrogens is 272 g/mol. The van der Waals surface area contributed by atoms with Crippen molar-refractivity contribution in [3.8, 4) is 0 Å². The number of likely N-dealkylation sites (tertiary alicyclic amines) is 1. The zero-order chi connectivity index (χ0) is 14.2. The highest BCUT2D eigenvalue weighted by Gasteiger charge is 2.50. The second-order valence-electron chi connectivity index (χ2n) is 5.28. The molecule has 0 aromatic heterocycles. The Morgan fingerprint density at radius 3 is 2.21 bits per heavy atom. The van der Waals surface area contributed by atoms with Crippen molar-refractivity contribution in [3.05, 3.63) is 0 Å². The van der Waals surface area contributed by atoms with E-state index in [0.29, 0.717) is 32.4 Å². The second kappa shape index (κ2) is 5.09. The van der Waals surface area contributed by atoms with Crippen LogP contribution in [-0.2, 0) is 19.6 Å². The monoisotopic (exact) mass is 290 g/mol. The summed E-state index contributed by atoms with van der Waals surface area (Å²) >= 11 is 0. The Labute approximate surface area is 112 Å². The van der Waals surface area contributed by atoms with Crippen molar-refractivity contribution in [1.29, 1.82) is 0 Å². The lowest BCUT2D eigenvalue weighted by atomic mass is 10.1. The van der Waals surface area contributed by atoms with Crippen molar-refractivity contribution < 1.29 is 23.1 Å². The van der Waals surface area contributed by atoms with Crippen molar-refractivity contribution in [2.45, 2.75) is 25.3 Å². The zero-order valence-corrected chi connectivity index (χ0v) is 11.5. The molecule has 1 saturated carbocycles. The molecule has 1 saturated heterocycles. The lowest BCUT2D eigenvalue weighted by Crippen LogP contribution is -2.46. The van der Waals surface area contributed by atoms with Gasteiger partial charge in [-0.15, -0.1) is 0 Å². The van der Waals surface area contributed by atoms with E-state index in [1.165, 1.54) is 0 Å². The van der Waals surface area contributed by atoms with Gasteiger partial charge in [0.1, 0.15) is 0 Å². The Morgan fingerprint density at radius 1 is 1.21 bits per heavy atom. The number of aliphatic carboxylic acids is 1. The van der Waals surface area contributed by atoms with Gasteiger partial charge in [0.25, 0.3) is 0 Å². The largest absolute Gasteiger partial charge is 0.481 e. The fraction of sp³-hybridized carbons (Fsp3) is 0.818. The standard InChI is InChI=1S/C11H18N2O5S/c1-19(17,18)12-7-2-4-13(5-3-7)10(14)8-6-9(8)11(15)16/h7-9,12H,2-6H2,1H3,(H,15,16)/t8-,9+/m1/s1. The average molecular weight is 290 g/mol. The summed E-state index contributed by atoms with van der Waals surface area (Å²) in [6.07, 6.45) is 2.69. The number of nitrogens with one attached hydrogen (secondary N) is 1. The maximum Gasteiger partial charge on any atom is 0.307 e. The molecule has 1 aliphatic heterocycles. The maximum absolute atomic E-state index is 12.0. The van der Waals surface area contributed by atoms with Gasteiger partial charge in [-0.2, -0.15) is 0 Å². The van der Waals surface area contributed by atoms with Crippen LogP contribution in [0.2, 0.25) is 0 Å². The van der Waals surface area contributed by atoms with E-state index in [2.05, 4.69) is 4.72 Å². The summed E-state index contributed by atoms with van der Waals surface area (Å²) in [6.45, 7) is 0.962. The summed E-state index contributed by atoms with van der Waals surface area (Å²) in [5.41, 5.74) is 0. The van der Waals surface area contributed by atoms with Crippen LogP contribution in [0, 0.1) is 11.8 Å². The SMILES string of the molecule is CS(=O)(=O)NC1CCN(C(=O)[C@@H]2C[C@@H]2C(=O)O)CC1. The van der Waals surface area contributed by atoms with Crippen molar-refractivity contribution in [1.82, 2.24) is 9.62 Å². The molecule has 0 bridgehead atoms. The highest BCUT2D eigenvalue weighted by atomic mass is 32.2. The molecule has 108 valence electrons. The van der Waals surface area contributed by atoms with Crippen LogP contribution >= 0.6 is 0 Å². The van der Waals surface area contributed by atoms with Gasteiger partial charge in [0.05, 0.1) is 18.1 Å². The van der Waals surface area contributed by atoms with Gasteiger partial charge in [0.15, 0.2) is 0 Å². The molecule has 7 nitrogen and oxygen atoms in total. The summed E-state index contributed by atoms with van der Waals surface area (Å²) in [7, 11) is -3.22. The predicted molar refractivity (Wildman–Crippen MR) is 66.8 cm³/mol. The summed E-state index contributed by atoms with van der Waals surface area (Å²) in [5.74, 6) is -1.92. The molecule has 2 rings (SSSR count).